The van der Waals surface area contributed by atoms with E-state index in [2.05, 4.69) is 0 Å². The summed E-state index contributed by atoms with van der Waals surface area (Å²) in [4.78, 5) is 11.0. The van der Waals surface area contributed by atoms with Crippen LogP contribution in [0.1, 0.15) is 38.5 Å². The van der Waals surface area contributed by atoms with Crippen LogP contribution in [0, 0.1) is 19.7 Å². The molecule has 2 nitrogen and oxygen atoms in total. The average molecular weight is 387 g/mol. The van der Waals surface area contributed by atoms with Crippen LogP contribution in [0.25, 0.3) is 6.08 Å². The van der Waals surface area contributed by atoms with Gasteiger partial charge in [0.05, 0.1) is 16.5 Å². The van der Waals surface area contributed by atoms with Crippen LogP contribution in [0.5, 0.6) is 0 Å². The molecule has 0 aliphatic rings. The fourth-order valence-corrected chi connectivity index (χ4v) is 2.85. The fourth-order valence-electron chi connectivity index (χ4n) is 2.58. The molecule has 0 heterocycles. The molecular weight excluding hydrogens is 372 g/mol. The van der Waals surface area contributed by atoms with E-state index >= 15 is 0 Å². The van der Waals surface area contributed by atoms with Crippen LogP contribution < -0.4 is 0 Å². The maximum atomic E-state index is 13.6. The number of aryl methyl sites for hydroxylation is 2. The number of allylic oxidation sites excluding steroid dienone is 1. The van der Waals surface area contributed by atoms with Crippen molar-refractivity contribution in [3.63, 3.8) is 0 Å². The smallest absolute Gasteiger partial charge is 0.399 e. The molecule has 2 rings (SSSR count). The maximum Gasteiger partial charge on any atom is 0.399 e. The number of rotatable bonds is 4. The van der Waals surface area contributed by atoms with E-state index in [-0.39, 0.29) is 21.7 Å². The van der Waals surface area contributed by atoms with Gasteiger partial charge in [-0.2, -0.15) is 13.2 Å². The Morgan fingerprint density at radius 1 is 1.15 bits per heavy atom. The molecule has 2 aromatic carbocycles. The largest absolute Gasteiger partial charge is 0.478 e. The van der Waals surface area contributed by atoms with E-state index in [4.69, 9.17) is 16.7 Å². The van der Waals surface area contributed by atoms with Crippen LogP contribution in [-0.4, -0.2) is 17.3 Å². The number of benzene rings is 2. The van der Waals surface area contributed by atoms with Crippen molar-refractivity contribution in [2.75, 3.05) is 0 Å². The minimum atomic E-state index is -4.60. The zero-order valence-electron chi connectivity index (χ0n) is 13.9. The third kappa shape index (κ3) is 4.43. The van der Waals surface area contributed by atoms with Gasteiger partial charge in [-0.3, -0.25) is 0 Å². The van der Waals surface area contributed by atoms with Gasteiger partial charge in [-0.05, 0) is 48.2 Å². The molecule has 0 bridgehead atoms. The molecule has 26 heavy (non-hydrogen) atoms. The molecule has 0 fully saturated rings. The Morgan fingerprint density at radius 3 is 2.31 bits per heavy atom. The first-order valence-corrected chi connectivity index (χ1v) is 7.93. The number of alkyl halides is 3. The summed E-state index contributed by atoms with van der Waals surface area (Å²) in [6, 6.07) is 6.31. The van der Waals surface area contributed by atoms with E-state index < -0.39 is 23.9 Å². The first-order valence-electron chi connectivity index (χ1n) is 7.55. The Morgan fingerprint density at radius 2 is 1.81 bits per heavy atom. The van der Waals surface area contributed by atoms with Gasteiger partial charge in [0, 0.05) is 0 Å². The molecule has 0 saturated carbocycles. The molecule has 0 amide bonds. The topological polar surface area (TPSA) is 37.3 Å². The lowest BCUT2D eigenvalue weighted by Gasteiger charge is -2.18. The van der Waals surface area contributed by atoms with Crippen molar-refractivity contribution >= 4 is 23.6 Å². The number of carboxylic acids is 1. The van der Waals surface area contributed by atoms with Crippen molar-refractivity contribution in [3.05, 3.63) is 75.1 Å². The normalized spacial score (nSPS) is 13.2. The number of carboxylic acid groups (broad SMARTS) is 1. The van der Waals surface area contributed by atoms with Crippen molar-refractivity contribution < 1.29 is 27.5 Å². The zero-order valence-corrected chi connectivity index (χ0v) is 14.6. The standard InChI is InChI=1S/C19H15ClF4O2/c1-10-7-12(3-5-14(10)18(25)26)4-6-15(19(22,23)24)13-8-11(2)17(21)16(20)9-13/h3-9,15H,1-2H3,(H,25,26)/b6-4+. The Labute approximate surface area is 152 Å². The second-order valence-electron chi connectivity index (χ2n) is 5.89. The highest BCUT2D eigenvalue weighted by atomic mass is 35.5. The molecule has 0 aliphatic heterocycles. The lowest BCUT2D eigenvalue weighted by atomic mass is 9.95. The van der Waals surface area contributed by atoms with E-state index in [1.165, 1.54) is 31.2 Å². The van der Waals surface area contributed by atoms with Gasteiger partial charge in [0.15, 0.2) is 0 Å². The summed E-state index contributed by atoms with van der Waals surface area (Å²) in [5, 5.41) is 8.62. The second-order valence-corrected chi connectivity index (χ2v) is 6.30. The molecule has 138 valence electrons. The molecule has 0 aliphatic carbocycles. The number of hydrogen-bond donors (Lipinski definition) is 1. The van der Waals surface area contributed by atoms with Crippen LogP contribution in [-0.2, 0) is 0 Å². The van der Waals surface area contributed by atoms with E-state index in [1.54, 1.807) is 6.92 Å². The SMILES string of the molecule is Cc1cc(/C=C/C(c2cc(C)c(F)c(Cl)c2)C(F)(F)F)ccc1C(=O)O. The maximum absolute atomic E-state index is 13.6. The van der Waals surface area contributed by atoms with Gasteiger partial charge in [-0.25, -0.2) is 9.18 Å². The predicted octanol–water partition coefficient (Wildman–Crippen LogP) is 6.15. The Kier molecular flexibility index (Phi) is 5.76. The zero-order chi connectivity index (χ0) is 19.6. The third-order valence-electron chi connectivity index (χ3n) is 3.91. The van der Waals surface area contributed by atoms with Crippen LogP contribution in [0.15, 0.2) is 36.4 Å². The molecule has 1 N–H and O–H groups in total. The summed E-state index contributed by atoms with van der Waals surface area (Å²) >= 11 is 5.68. The van der Waals surface area contributed by atoms with Crippen LogP contribution in [0.3, 0.4) is 0 Å². The number of carbonyl (C=O) groups is 1. The number of halogens is 5. The molecular formula is C19H15ClF4O2. The highest BCUT2D eigenvalue weighted by Gasteiger charge is 2.39. The van der Waals surface area contributed by atoms with Gasteiger partial charge < -0.3 is 5.11 Å². The summed E-state index contributed by atoms with van der Waals surface area (Å²) in [5.74, 6) is -3.83. The van der Waals surface area contributed by atoms with E-state index in [1.807, 2.05) is 0 Å². The van der Waals surface area contributed by atoms with Crippen LogP contribution in [0.2, 0.25) is 5.02 Å². The van der Waals surface area contributed by atoms with Crippen molar-refractivity contribution in [3.8, 4) is 0 Å². The molecule has 1 atom stereocenters. The van der Waals surface area contributed by atoms with Gasteiger partial charge in [-0.15, -0.1) is 0 Å². The van der Waals surface area contributed by atoms with E-state index in [0.717, 1.165) is 18.2 Å². The summed E-state index contributed by atoms with van der Waals surface area (Å²) in [6.07, 6.45) is -2.40. The van der Waals surface area contributed by atoms with Gasteiger partial charge in [0.25, 0.3) is 0 Å². The summed E-state index contributed by atoms with van der Waals surface area (Å²) in [7, 11) is 0. The lowest BCUT2D eigenvalue weighted by Crippen LogP contribution is -2.19. The molecule has 0 spiro atoms. The first-order chi connectivity index (χ1) is 12.0. The molecule has 0 saturated heterocycles. The number of aromatic carboxylic acids is 1. The fraction of sp³-hybridized carbons (Fsp3) is 0.211. The van der Waals surface area contributed by atoms with E-state index in [0.29, 0.717) is 11.1 Å². The van der Waals surface area contributed by atoms with Crippen LogP contribution >= 0.6 is 11.6 Å². The van der Waals surface area contributed by atoms with Crippen molar-refractivity contribution in [2.45, 2.75) is 25.9 Å². The summed E-state index contributed by atoms with van der Waals surface area (Å²) in [5.41, 5.74) is 0.791. The minimum Gasteiger partial charge on any atom is -0.478 e. The van der Waals surface area contributed by atoms with Crippen molar-refractivity contribution in [1.29, 1.82) is 0 Å². The lowest BCUT2D eigenvalue weighted by molar-refractivity contribution is -0.139. The van der Waals surface area contributed by atoms with E-state index in [9.17, 15) is 22.4 Å². The quantitative estimate of drug-likeness (QED) is 0.639. The van der Waals surface area contributed by atoms with Gasteiger partial charge in [0.2, 0.25) is 0 Å². The molecule has 2 aromatic rings. The predicted molar refractivity (Wildman–Crippen MR) is 92.1 cm³/mol. The summed E-state index contributed by atoms with van der Waals surface area (Å²) < 4.78 is 54.0. The molecule has 0 radical (unpaired) electrons. The van der Waals surface area contributed by atoms with Crippen molar-refractivity contribution in [2.24, 2.45) is 0 Å². The van der Waals surface area contributed by atoms with Gasteiger partial charge in [0.1, 0.15) is 5.82 Å². The molecule has 1 unspecified atom stereocenters. The Bertz CT molecular complexity index is 849. The highest BCUT2D eigenvalue weighted by molar-refractivity contribution is 6.30. The van der Waals surface area contributed by atoms with Crippen LogP contribution in [0.4, 0.5) is 17.6 Å². The highest BCUT2D eigenvalue weighted by Crippen LogP contribution is 2.38. The number of hydrogen-bond acceptors (Lipinski definition) is 1. The molecule has 0 aromatic heterocycles. The molecule has 7 heteroatoms. The Balaban J connectivity index is 2.42. The van der Waals surface area contributed by atoms with Gasteiger partial charge in [-0.1, -0.05) is 42.0 Å². The third-order valence-corrected chi connectivity index (χ3v) is 4.18. The monoisotopic (exact) mass is 386 g/mol. The Hall–Kier alpha value is -2.34. The second kappa shape index (κ2) is 7.50. The summed E-state index contributed by atoms with van der Waals surface area (Å²) in [6.45, 7) is 2.90. The first kappa shape index (κ1) is 20.0. The van der Waals surface area contributed by atoms with Crippen molar-refractivity contribution in [1.82, 2.24) is 0 Å². The minimum absolute atomic E-state index is 0.0248. The van der Waals surface area contributed by atoms with Gasteiger partial charge >= 0.3 is 12.1 Å². The average Bonchev–Trinajstić information content (AvgIpc) is 2.51.